The van der Waals surface area contributed by atoms with Crippen molar-refractivity contribution in [3.63, 3.8) is 0 Å². The van der Waals surface area contributed by atoms with Crippen LogP contribution in [0.15, 0.2) is 133 Å². The van der Waals surface area contributed by atoms with Crippen LogP contribution in [0.25, 0.3) is 54.2 Å². The topological polar surface area (TPSA) is 9.23 Å². The number of rotatable bonds is 3. The van der Waals surface area contributed by atoms with E-state index in [0.717, 1.165) is 27.7 Å². The normalized spacial score (nSPS) is 11.4. The molecule has 35 heavy (non-hydrogen) atoms. The van der Waals surface area contributed by atoms with Gasteiger partial charge in [-0.25, -0.2) is 0 Å². The zero-order valence-electron chi connectivity index (χ0n) is 19.1. The maximum atomic E-state index is 6.78. The lowest BCUT2D eigenvalue weighted by Crippen LogP contribution is -1.93. The van der Waals surface area contributed by atoms with Crippen molar-refractivity contribution in [3.05, 3.63) is 133 Å². The van der Waals surface area contributed by atoms with Crippen LogP contribution in [0.2, 0.25) is 0 Å². The molecule has 0 aromatic heterocycles. The summed E-state index contributed by atoms with van der Waals surface area (Å²) in [5.74, 6) is 1.77. The Kier molecular flexibility index (Phi) is 4.53. The highest BCUT2D eigenvalue weighted by molar-refractivity contribution is 6.17. The van der Waals surface area contributed by atoms with E-state index >= 15 is 0 Å². The summed E-state index contributed by atoms with van der Waals surface area (Å²) in [5, 5.41) is 9.39. The van der Waals surface area contributed by atoms with Gasteiger partial charge in [-0.05, 0) is 50.2 Å². The first-order chi connectivity index (χ1) is 17.4. The van der Waals surface area contributed by atoms with E-state index in [-0.39, 0.29) is 0 Å². The van der Waals surface area contributed by atoms with E-state index in [4.69, 9.17) is 4.74 Å². The molecule has 0 saturated heterocycles. The summed E-state index contributed by atoms with van der Waals surface area (Å²) in [7, 11) is 0. The van der Waals surface area contributed by atoms with E-state index in [9.17, 15) is 0 Å². The Morgan fingerprint density at radius 2 is 0.914 bits per heavy atom. The molecule has 1 nitrogen and oxygen atoms in total. The van der Waals surface area contributed by atoms with Gasteiger partial charge < -0.3 is 4.74 Å². The Bertz CT molecular complexity index is 1820. The predicted molar refractivity (Wildman–Crippen MR) is 148 cm³/mol. The lowest BCUT2D eigenvalue weighted by atomic mass is 9.90. The number of benzene rings is 7. The molecule has 7 rings (SSSR count). The van der Waals surface area contributed by atoms with Crippen LogP contribution in [0, 0.1) is 0 Å². The molecule has 0 spiro atoms. The van der Waals surface area contributed by atoms with Crippen LogP contribution < -0.4 is 4.74 Å². The van der Waals surface area contributed by atoms with Gasteiger partial charge in [0, 0.05) is 16.2 Å². The first-order valence-electron chi connectivity index (χ1n) is 11.9. The van der Waals surface area contributed by atoms with Gasteiger partial charge in [-0.3, -0.25) is 0 Å². The summed E-state index contributed by atoms with van der Waals surface area (Å²) in [5.41, 5.74) is 2.46. The van der Waals surface area contributed by atoms with Gasteiger partial charge in [-0.15, -0.1) is 0 Å². The molecule has 0 amide bonds. The molecule has 0 heterocycles. The van der Waals surface area contributed by atoms with Crippen molar-refractivity contribution < 1.29 is 4.74 Å². The molecule has 0 bridgehead atoms. The average molecular weight is 447 g/mol. The quantitative estimate of drug-likeness (QED) is 0.245. The van der Waals surface area contributed by atoms with Gasteiger partial charge in [0.2, 0.25) is 0 Å². The smallest absolute Gasteiger partial charge is 0.143 e. The zero-order chi connectivity index (χ0) is 23.2. The molecule has 0 aliphatic carbocycles. The standard InChI is InChI=1S/C34H22O/c1-2-12-25-22-26(21-20-23(25)10-1)33-28-15-5-7-17-30(28)34(31-18-8-6-16-29(31)33)35-32-19-9-13-24-11-3-4-14-27(24)32/h1-22H. The minimum atomic E-state index is 0.872. The average Bonchev–Trinajstić information content (AvgIpc) is 2.93. The summed E-state index contributed by atoms with van der Waals surface area (Å²) in [4.78, 5) is 0. The lowest BCUT2D eigenvalue weighted by molar-refractivity contribution is 0.499. The molecule has 0 saturated carbocycles. The summed E-state index contributed by atoms with van der Waals surface area (Å²) in [6.07, 6.45) is 0. The van der Waals surface area contributed by atoms with Crippen molar-refractivity contribution in [1.29, 1.82) is 0 Å². The van der Waals surface area contributed by atoms with Crippen LogP contribution in [0.5, 0.6) is 11.5 Å². The number of ether oxygens (including phenoxy) is 1. The zero-order valence-corrected chi connectivity index (χ0v) is 19.1. The second-order valence-corrected chi connectivity index (χ2v) is 8.94. The highest BCUT2D eigenvalue weighted by Gasteiger charge is 2.17. The molecular weight excluding hydrogens is 424 g/mol. The second-order valence-electron chi connectivity index (χ2n) is 8.94. The van der Waals surface area contributed by atoms with E-state index in [1.165, 1.54) is 38.1 Å². The summed E-state index contributed by atoms with van der Waals surface area (Å²) >= 11 is 0. The van der Waals surface area contributed by atoms with Crippen LogP contribution in [0.3, 0.4) is 0 Å². The molecule has 0 N–H and O–H groups in total. The fourth-order valence-corrected chi connectivity index (χ4v) is 5.25. The van der Waals surface area contributed by atoms with Crippen LogP contribution in [-0.2, 0) is 0 Å². The molecule has 0 aliphatic heterocycles. The third kappa shape index (κ3) is 3.25. The first-order valence-corrected chi connectivity index (χ1v) is 11.9. The van der Waals surface area contributed by atoms with Crippen molar-refractivity contribution in [1.82, 2.24) is 0 Å². The minimum absolute atomic E-state index is 0.872. The Morgan fingerprint density at radius 3 is 1.63 bits per heavy atom. The molecule has 0 fully saturated rings. The Morgan fingerprint density at radius 1 is 0.371 bits per heavy atom. The van der Waals surface area contributed by atoms with Crippen LogP contribution in [0.4, 0.5) is 0 Å². The van der Waals surface area contributed by atoms with Crippen molar-refractivity contribution in [2.24, 2.45) is 0 Å². The van der Waals surface area contributed by atoms with Crippen molar-refractivity contribution in [2.45, 2.75) is 0 Å². The number of hydrogen-bond acceptors (Lipinski definition) is 1. The van der Waals surface area contributed by atoms with Crippen molar-refractivity contribution in [2.75, 3.05) is 0 Å². The molecule has 0 aliphatic rings. The van der Waals surface area contributed by atoms with Crippen molar-refractivity contribution >= 4 is 43.1 Å². The second kappa shape index (κ2) is 8.00. The van der Waals surface area contributed by atoms with Crippen molar-refractivity contribution in [3.8, 4) is 22.6 Å². The summed E-state index contributed by atoms with van der Waals surface area (Å²) in [6, 6.07) is 47.1. The fourth-order valence-electron chi connectivity index (χ4n) is 5.25. The van der Waals surface area contributed by atoms with Crippen LogP contribution in [0.1, 0.15) is 0 Å². The van der Waals surface area contributed by atoms with Gasteiger partial charge in [-0.2, -0.15) is 0 Å². The van der Waals surface area contributed by atoms with E-state index in [0.29, 0.717) is 0 Å². The molecule has 7 aromatic rings. The SMILES string of the molecule is c1ccc2cc(-c3c4ccccc4c(Oc4cccc5ccccc45)c4ccccc34)ccc2c1. The van der Waals surface area contributed by atoms with Gasteiger partial charge >= 0.3 is 0 Å². The van der Waals surface area contributed by atoms with Gasteiger partial charge in [0.25, 0.3) is 0 Å². The molecular formula is C34H22O. The Balaban J connectivity index is 1.54. The third-order valence-electron chi connectivity index (χ3n) is 6.88. The highest BCUT2D eigenvalue weighted by Crippen LogP contribution is 2.45. The number of hydrogen-bond donors (Lipinski definition) is 0. The lowest BCUT2D eigenvalue weighted by Gasteiger charge is -2.18. The van der Waals surface area contributed by atoms with E-state index < -0.39 is 0 Å². The highest BCUT2D eigenvalue weighted by atomic mass is 16.5. The maximum Gasteiger partial charge on any atom is 0.143 e. The Labute approximate surface area is 203 Å². The first kappa shape index (κ1) is 19.8. The molecule has 0 unspecified atom stereocenters. The minimum Gasteiger partial charge on any atom is -0.455 e. The fraction of sp³-hybridized carbons (Fsp3) is 0. The van der Waals surface area contributed by atoms with E-state index in [2.05, 4.69) is 133 Å². The van der Waals surface area contributed by atoms with Gasteiger partial charge in [-0.1, -0.05) is 121 Å². The third-order valence-corrected chi connectivity index (χ3v) is 6.88. The maximum absolute atomic E-state index is 6.78. The largest absolute Gasteiger partial charge is 0.455 e. The number of fused-ring (bicyclic) bond motifs is 4. The summed E-state index contributed by atoms with van der Waals surface area (Å²) < 4.78 is 6.78. The predicted octanol–water partition coefficient (Wildman–Crippen LogP) is 9.76. The van der Waals surface area contributed by atoms with Gasteiger partial charge in [0.1, 0.15) is 11.5 Å². The molecule has 0 radical (unpaired) electrons. The Hall–Kier alpha value is -4.62. The monoisotopic (exact) mass is 446 g/mol. The van der Waals surface area contributed by atoms with E-state index in [1.54, 1.807) is 0 Å². The molecule has 7 aromatic carbocycles. The molecule has 164 valence electrons. The van der Waals surface area contributed by atoms with Gasteiger partial charge in [0.15, 0.2) is 0 Å². The van der Waals surface area contributed by atoms with Gasteiger partial charge in [0.05, 0.1) is 0 Å². The van der Waals surface area contributed by atoms with Crippen LogP contribution in [-0.4, -0.2) is 0 Å². The van der Waals surface area contributed by atoms with Crippen LogP contribution >= 0.6 is 0 Å². The summed E-state index contributed by atoms with van der Waals surface area (Å²) in [6.45, 7) is 0. The molecule has 0 atom stereocenters. The molecule has 1 heteroatoms. The van der Waals surface area contributed by atoms with E-state index in [1.807, 2.05) is 0 Å².